The summed E-state index contributed by atoms with van der Waals surface area (Å²) < 4.78 is 39.4. The summed E-state index contributed by atoms with van der Waals surface area (Å²) in [6.45, 7) is 0. The summed E-state index contributed by atoms with van der Waals surface area (Å²) in [5.41, 5.74) is -0.0984. The molecule has 0 atom stereocenters. The zero-order chi connectivity index (χ0) is 19.1. The number of carbonyl (C=O) groups excluding carboxylic acids is 2. The molecule has 0 aliphatic heterocycles. The number of nitrogens with zero attached hydrogens (tertiary/aromatic N) is 2. The van der Waals surface area contributed by atoms with Gasteiger partial charge in [-0.2, -0.15) is 13.2 Å². The van der Waals surface area contributed by atoms with Crippen LogP contribution in [-0.2, 0) is 6.18 Å². The van der Waals surface area contributed by atoms with Crippen LogP contribution in [0.25, 0.3) is 10.9 Å². The van der Waals surface area contributed by atoms with Crippen molar-refractivity contribution in [2.45, 2.75) is 6.18 Å². The van der Waals surface area contributed by atoms with Gasteiger partial charge in [0, 0.05) is 25.0 Å². The Bertz CT molecular complexity index is 986. The molecule has 3 rings (SSSR count). The number of benzene rings is 2. The average Bonchev–Trinajstić information content (AvgIpc) is 2.99. The number of hydrogen-bond acceptors (Lipinski definition) is 2. The van der Waals surface area contributed by atoms with Crippen LogP contribution in [0.2, 0.25) is 0 Å². The van der Waals surface area contributed by atoms with Gasteiger partial charge in [-0.1, -0.05) is 30.3 Å². The monoisotopic (exact) mass is 360 g/mol. The van der Waals surface area contributed by atoms with Gasteiger partial charge in [-0.15, -0.1) is 0 Å². The van der Waals surface area contributed by atoms with Crippen molar-refractivity contribution in [2.75, 3.05) is 14.1 Å². The molecule has 1 amide bonds. The maximum Gasteiger partial charge on any atom is 0.416 e. The first-order chi connectivity index (χ1) is 12.2. The Labute approximate surface area is 147 Å². The molecule has 0 bridgehead atoms. The Balaban J connectivity index is 2.11. The standard InChI is InChI=1S/C19H15F3N2O2/c1-23(2)18(26)24-15-6-4-3-5-13(15)11-16(24)17(25)12-7-9-14(10-8-12)19(20,21)22/h3-11H,1-2H3. The second-order valence-electron chi connectivity index (χ2n) is 6.01. The lowest BCUT2D eigenvalue weighted by Gasteiger charge is -2.15. The molecule has 0 N–H and O–H groups in total. The number of halogens is 3. The van der Waals surface area contributed by atoms with Gasteiger partial charge in [-0.3, -0.25) is 9.36 Å². The van der Waals surface area contributed by atoms with Crippen molar-refractivity contribution in [3.8, 4) is 0 Å². The minimum atomic E-state index is -4.47. The van der Waals surface area contributed by atoms with Crippen LogP contribution in [0.1, 0.15) is 21.6 Å². The van der Waals surface area contributed by atoms with Crippen LogP contribution >= 0.6 is 0 Å². The van der Waals surface area contributed by atoms with Crippen molar-refractivity contribution < 1.29 is 22.8 Å². The number of alkyl halides is 3. The summed E-state index contributed by atoms with van der Waals surface area (Å²) in [5, 5.41) is 0.693. The van der Waals surface area contributed by atoms with Gasteiger partial charge in [0.1, 0.15) is 0 Å². The molecule has 3 aromatic rings. The largest absolute Gasteiger partial charge is 0.416 e. The highest BCUT2D eigenvalue weighted by Gasteiger charge is 2.30. The molecule has 7 heteroatoms. The van der Waals surface area contributed by atoms with E-state index >= 15 is 0 Å². The lowest BCUT2D eigenvalue weighted by molar-refractivity contribution is -0.137. The Hall–Kier alpha value is -3.09. The summed E-state index contributed by atoms with van der Waals surface area (Å²) in [6.07, 6.45) is -4.47. The number of rotatable bonds is 2. The van der Waals surface area contributed by atoms with E-state index in [-0.39, 0.29) is 11.3 Å². The van der Waals surface area contributed by atoms with E-state index in [2.05, 4.69) is 0 Å². The Morgan fingerprint density at radius 3 is 2.15 bits per heavy atom. The van der Waals surface area contributed by atoms with E-state index in [0.29, 0.717) is 10.9 Å². The van der Waals surface area contributed by atoms with E-state index in [1.807, 2.05) is 0 Å². The smallest absolute Gasteiger partial charge is 0.330 e. The summed E-state index contributed by atoms with van der Waals surface area (Å²) in [6, 6.07) is 12.1. The van der Waals surface area contributed by atoms with Gasteiger partial charge in [0.05, 0.1) is 16.8 Å². The predicted molar refractivity (Wildman–Crippen MR) is 91.3 cm³/mol. The molecule has 0 aliphatic carbocycles. The number of carbonyl (C=O) groups is 2. The van der Waals surface area contributed by atoms with E-state index in [4.69, 9.17) is 0 Å². The number of hydrogen-bond donors (Lipinski definition) is 0. The van der Waals surface area contributed by atoms with Gasteiger partial charge in [-0.05, 0) is 24.3 Å². The van der Waals surface area contributed by atoms with Crippen LogP contribution in [0.3, 0.4) is 0 Å². The molecule has 0 saturated heterocycles. The third-order valence-electron chi connectivity index (χ3n) is 3.99. The second kappa shape index (κ2) is 6.33. The lowest BCUT2D eigenvalue weighted by Crippen LogP contribution is -2.29. The molecule has 2 aromatic carbocycles. The molecule has 0 fully saturated rings. The third kappa shape index (κ3) is 3.08. The van der Waals surface area contributed by atoms with Gasteiger partial charge >= 0.3 is 12.2 Å². The minimum absolute atomic E-state index is 0.0774. The highest BCUT2D eigenvalue weighted by atomic mass is 19.4. The zero-order valence-corrected chi connectivity index (χ0v) is 14.0. The molecule has 4 nitrogen and oxygen atoms in total. The zero-order valence-electron chi connectivity index (χ0n) is 14.0. The first kappa shape index (κ1) is 17.7. The van der Waals surface area contributed by atoms with E-state index in [0.717, 1.165) is 24.3 Å². The molecule has 0 aliphatic rings. The molecule has 1 aromatic heterocycles. The van der Waals surface area contributed by atoms with Crippen LogP contribution in [0, 0.1) is 0 Å². The highest BCUT2D eigenvalue weighted by molar-refractivity contribution is 6.13. The molecule has 26 heavy (non-hydrogen) atoms. The van der Waals surface area contributed by atoms with Crippen molar-refractivity contribution in [3.63, 3.8) is 0 Å². The molecule has 0 radical (unpaired) electrons. The highest BCUT2D eigenvalue weighted by Crippen LogP contribution is 2.30. The van der Waals surface area contributed by atoms with E-state index in [9.17, 15) is 22.8 Å². The van der Waals surface area contributed by atoms with Crippen molar-refractivity contribution >= 4 is 22.7 Å². The molecule has 0 unspecified atom stereocenters. The van der Waals surface area contributed by atoms with Gasteiger partial charge in [0.2, 0.25) is 5.78 Å². The number of para-hydroxylation sites is 1. The first-order valence-electron chi connectivity index (χ1n) is 7.74. The van der Waals surface area contributed by atoms with Gasteiger partial charge in [-0.25, -0.2) is 4.79 Å². The normalized spacial score (nSPS) is 11.6. The maximum atomic E-state index is 12.9. The van der Waals surface area contributed by atoms with Crippen LogP contribution in [-0.4, -0.2) is 35.4 Å². The summed E-state index contributed by atoms with van der Waals surface area (Å²) >= 11 is 0. The fourth-order valence-corrected chi connectivity index (χ4v) is 2.69. The van der Waals surface area contributed by atoms with Crippen molar-refractivity contribution in [3.05, 3.63) is 71.4 Å². The Morgan fingerprint density at radius 1 is 0.962 bits per heavy atom. The second-order valence-corrected chi connectivity index (χ2v) is 6.01. The van der Waals surface area contributed by atoms with Crippen molar-refractivity contribution in [1.82, 2.24) is 9.47 Å². The minimum Gasteiger partial charge on any atom is -0.330 e. The average molecular weight is 360 g/mol. The van der Waals surface area contributed by atoms with Gasteiger partial charge in [0.15, 0.2) is 0 Å². The SMILES string of the molecule is CN(C)C(=O)n1c(C(=O)c2ccc(C(F)(F)F)cc2)cc2ccccc21. The molecule has 0 saturated carbocycles. The fourth-order valence-electron chi connectivity index (χ4n) is 2.69. The number of fused-ring (bicyclic) bond motifs is 1. The van der Waals surface area contributed by atoms with Crippen LogP contribution in [0.5, 0.6) is 0 Å². The molecular formula is C19H15F3N2O2. The molecular weight excluding hydrogens is 345 g/mol. The summed E-state index contributed by atoms with van der Waals surface area (Å²) in [7, 11) is 3.12. The fraction of sp³-hybridized carbons (Fsp3) is 0.158. The predicted octanol–water partition coefficient (Wildman–Crippen LogP) is 4.42. The van der Waals surface area contributed by atoms with E-state index in [1.165, 1.54) is 9.47 Å². The van der Waals surface area contributed by atoms with Crippen molar-refractivity contribution in [1.29, 1.82) is 0 Å². The Kier molecular flexibility index (Phi) is 4.31. The quantitative estimate of drug-likeness (QED) is 0.635. The number of ketones is 1. The molecule has 134 valence electrons. The van der Waals surface area contributed by atoms with Gasteiger partial charge in [0.25, 0.3) is 0 Å². The van der Waals surface area contributed by atoms with Crippen molar-refractivity contribution in [2.24, 2.45) is 0 Å². The Morgan fingerprint density at radius 2 is 1.58 bits per heavy atom. The maximum absolute atomic E-state index is 12.9. The first-order valence-corrected chi connectivity index (χ1v) is 7.74. The van der Waals surface area contributed by atoms with Crippen LogP contribution < -0.4 is 0 Å². The number of amides is 1. The summed E-state index contributed by atoms with van der Waals surface area (Å²) in [4.78, 5) is 26.7. The summed E-state index contributed by atoms with van der Waals surface area (Å²) in [5.74, 6) is -0.523. The lowest BCUT2D eigenvalue weighted by atomic mass is 10.1. The van der Waals surface area contributed by atoms with Gasteiger partial charge < -0.3 is 4.90 Å². The molecule has 1 heterocycles. The molecule has 0 spiro atoms. The van der Waals surface area contributed by atoms with Crippen LogP contribution in [0.4, 0.5) is 18.0 Å². The van der Waals surface area contributed by atoms with E-state index in [1.54, 1.807) is 44.4 Å². The number of aromatic nitrogens is 1. The van der Waals surface area contributed by atoms with Crippen LogP contribution in [0.15, 0.2) is 54.6 Å². The topological polar surface area (TPSA) is 42.3 Å². The van der Waals surface area contributed by atoms with E-state index < -0.39 is 23.6 Å². The third-order valence-corrected chi connectivity index (χ3v) is 3.99.